The molecule has 0 saturated heterocycles. The van der Waals surface area contributed by atoms with Crippen LogP contribution in [-0.2, 0) is 6.42 Å². The molecule has 0 spiro atoms. The van der Waals surface area contributed by atoms with E-state index in [0.29, 0.717) is 12.3 Å². The number of hydrogen-bond donors (Lipinski definition) is 1. The van der Waals surface area contributed by atoms with E-state index in [-0.39, 0.29) is 6.10 Å². The SMILES string of the molecule is CC(C)CCC(O)Cc1cccc(Cl)c1. The van der Waals surface area contributed by atoms with Gasteiger partial charge in [-0.25, -0.2) is 0 Å². The van der Waals surface area contributed by atoms with Gasteiger partial charge in [0.25, 0.3) is 0 Å². The van der Waals surface area contributed by atoms with Crippen molar-refractivity contribution in [1.82, 2.24) is 0 Å². The Morgan fingerprint density at radius 2 is 2.00 bits per heavy atom. The monoisotopic (exact) mass is 226 g/mol. The third-order valence-corrected chi connectivity index (χ3v) is 2.67. The van der Waals surface area contributed by atoms with Crippen molar-refractivity contribution in [3.63, 3.8) is 0 Å². The van der Waals surface area contributed by atoms with E-state index >= 15 is 0 Å². The Morgan fingerprint density at radius 1 is 1.27 bits per heavy atom. The minimum atomic E-state index is -0.245. The molecule has 0 aliphatic heterocycles. The quantitative estimate of drug-likeness (QED) is 0.812. The van der Waals surface area contributed by atoms with Crippen molar-refractivity contribution < 1.29 is 5.11 Å². The van der Waals surface area contributed by atoms with Gasteiger partial charge in [0.15, 0.2) is 0 Å². The van der Waals surface area contributed by atoms with Gasteiger partial charge in [-0.05, 0) is 42.9 Å². The van der Waals surface area contributed by atoms with Gasteiger partial charge in [0.1, 0.15) is 0 Å². The van der Waals surface area contributed by atoms with Gasteiger partial charge in [-0.2, -0.15) is 0 Å². The lowest BCUT2D eigenvalue weighted by Crippen LogP contribution is -2.11. The number of benzene rings is 1. The van der Waals surface area contributed by atoms with Crippen molar-refractivity contribution in [2.45, 2.75) is 39.2 Å². The van der Waals surface area contributed by atoms with Gasteiger partial charge < -0.3 is 5.11 Å². The molecule has 1 N–H and O–H groups in total. The largest absolute Gasteiger partial charge is 0.393 e. The van der Waals surface area contributed by atoms with E-state index in [1.54, 1.807) is 0 Å². The summed E-state index contributed by atoms with van der Waals surface area (Å²) in [5, 5.41) is 10.5. The fourth-order valence-corrected chi connectivity index (χ4v) is 1.78. The first-order chi connectivity index (χ1) is 7.08. The molecule has 0 aliphatic carbocycles. The summed E-state index contributed by atoms with van der Waals surface area (Å²) in [4.78, 5) is 0. The second kappa shape index (κ2) is 6.14. The van der Waals surface area contributed by atoms with Gasteiger partial charge in [-0.1, -0.05) is 37.6 Å². The summed E-state index contributed by atoms with van der Waals surface area (Å²) in [6, 6.07) is 7.70. The van der Waals surface area contributed by atoms with Gasteiger partial charge in [-0.3, -0.25) is 0 Å². The average Bonchev–Trinajstić information content (AvgIpc) is 2.15. The first-order valence-corrected chi connectivity index (χ1v) is 5.88. The van der Waals surface area contributed by atoms with Crippen LogP contribution in [0.1, 0.15) is 32.3 Å². The number of hydrogen-bond acceptors (Lipinski definition) is 1. The molecule has 1 rings (SSSR count). The molecule has 0 aromatic heterocycles. The van der Waals surface area contributed by atoms with Gasteiger partial charge >= 0.3 is 0 Å². The van der Waals surface area contributed by atoms with E-state index in [1.165, 1.54) is 0 Å². The zero-order valence-electron chi connectivity index (χ0n) is 9.41. The Balaban J connectivity index is 2.40. The summed E-state index contributed by atoms with van der Waals surface area (Å²) in [5.74, 6) is 0.652. The lowest BCUT2D eigenvalue weighted by atomic mass is 10.00. The second-order valence-corrected chi connectivity index (χ2v) is 4.90. The summed E-state index contributed by atoms with van der Waals surface area (Å²) in [6.45, 7) is 4.35. The van der Waals surface area contributed by atoms with E-state index < -0.39 is 0 Å². The van der Waals surface area contributed by atoms with Crippen molar-refractivity contribution in [3.8, 4) is 0 Å². The summed E-state index contributed by atoms with van der Waals surface area (Å²) < 4.78 is 0. The van der Waals surface area contributed by atoms with Crippen molar-refractivity contribution in [1.29, 1.82) is 0 Å². The molecule has 1 atom stereocenters. The molecular weight excluding hydrogens is 208 g/mol. The fraction of sp³-hybridized carbons (Fsp3) is 0.538. The first-order valence-electron chi connectivity index (χ1n) is 5.50. The first kappa shape index (κ1) is 12.5. The zero-order chi connectivity index (χ0) is 11.3. The zero-order valence-corrected chi connectivity index (χ0v) is 10.2. The molecule has 84 valence electrons. The maximum atomic E-state index is 9.80. The molecule has 0 fully saturated rings. The van der Waals surface area contributed by atoms with E-state index in [9.17, 15) is 5.11 Å². The molecule has 0 heterocycles. The maximum Gasteiger partial charge on any atom is 0.0580 e. The van der Waals surface area contributed by atoms with Crippen molar-refractivity contribution >= 4 is 11.6 Å². The molecular formula is C13H19ClO. The van der Waals surface area contributed by atoms with E-state index in [1.807, 2.05) is 24.3 Å². The minimum Gasteiger partial charge on any atom is -0.393 e. The normalized spacial score (nSPS) is 13.1. The Hall–Kier alpha value is -0.530. The molecule has 0 aliphatic rings. The predicted octanol–water partition coefficient (Wildman–Crippen LogP) is 3.68. The van der Waals surface area contributed by atoms with Crippen LogP contribution in [0.3, 0.4) is 0 Å². The van der Waals surface area contributed by atoms with Crippen LogP contribution < -0.4 is 0 Å². The van der Waals surface area contributed by atoms with E-state index in [0.717, 1.165) is 23.4 Å². The van der Waals surface area contributed by atoms with Gasteiger partial charge in [-0.15, -0.1) is 0 Å². The Morgan fingerprint density at radius 3 is 2.60 bits per heavy atom. The molecule has 0 saturated carbocycles. The van der Waals surface area contributed by atoms with Crippen LogP contribution in [0.15, 0.2) is 24.3 Å². The average molecular weight is 227 g/mol. The molecule has 15 heavy (non-hydrogen) atoms. The van der Waals surface area contributed by atoms with E-state index in [2.05, 4.69) is 13.8 Å². The maximum absolute atomic E-state index is 9.80. The van der Waals surface area contributed by atoms with Crippen LogP contribution in [0.5, 0.6) is 0 Å². The Labute approximate surface area is 97.1 Å². The van der Waals surface area contributed by atoms with Gasteiger partial charge in [0.05, 0.1) is 6.10 Å². The minimum absolute atomic E-state index is 0.245. The Bertz CT molecular complexity index is 296. The van der Waals surface area contributed by atoms with Gasteiger partial charge in [0.2, 0.25) is 0 Å². The molecule has 1 nitrogen and oxygen atoms in total. The predicted molar refractivity (Wildman–Crippen MR) is 65.2 cm³/mol. The summed E-state index contributed by atoms with van der Waals surface area (Å²) >= 11 is 5.87. The highest BCUT2D eigenvalue weighted by atomic mass is 35.5. The van der Waals surface area contributed by atoms with Crippen LogP contribution >= 0.6 is 11.6 Å². The van der Waals surface area contributed by atoms with Crippen LogP contribution in [-0.4, -0.2) is 11.2 Å². The summed E-state index contributed by atoms with van der Waals surface area (Å²) in [7, 11) is 0. The molecule has 1 aromatic rings. The topological polar surface area (TPSA) is 20.2 Å². The Kier molecular flexibility index (Phi) is 5.13. The number of aliphatic hydroxyl groups is 1. The van der Waals surface area contributed by atoms with Crippen molar-refractivity contribution in [3.05, 3.63) is 34.9 Å². The molecule has 2 heteroatoms. The third-order valence-electron chi connectivity index (χ3n) is 2.44. The van der Waals surface area contributed by atoms with Crippen molar-refractivity contribution in [2.75, 3.05) is 0 Å². The molecule has 1 unspecified atom stereocenters. The number of rotatable bonds is 5. The lowest BCUT2D eigenvalue weighted by molar-refractivity contribution is 0.157. The van der Waals surface area contributed by atoms with Crippen LogP contribution in [0.4, 0.5) is 0 Å². The van der Waals surface area contributed by atoms with Gasteiger partial charge in [0, 0.05) is 5.02 Å². The van der Waals surface area contributed by atoms with Crippen LogP contribution in [0.2, 0.25) is 5.02 Å². The lowest BCUT2D eigenvalue weighted by Gasteiger charge is -2.12. The highest BCUT2D eigenvalue weighted by Gasteiger charge is 2.06. The van der Waals surface area contributed by atoms with Crippen LogP contribution in [0, 0.1) is 5.92 Å². The van der Waals surface area contributed by atoms with Crippen LogP contribution in [0.25, 0.3) is 0 Å². The van der Waals surface area contributed by atoms with E-state index in [4.69, 9.17) is 11.6 Å². The molecule has 0 bridgehead atoms. The third kappa shape index (κ3) is 5.19. The summed E-state index contributed by atoms with van der Waals surface area (Å²) in [5.41, 5.74) is 1.11. The second-order valence-electron chi connectivity index (χ2n) is 4.46. The number of halogens is 1. The highest BCUT2D eigenvalue weighted by Crippen LogP contribution is 2.15. The standard InChI is InChI=1S/C13H19ClO/c1-10(2)6-7-13(15)9-11-4-3-5-12(14)8-11/h3-5,8,10,13,15H,6-7,9H2,1-2H3. The molecule has 0 amide bonds. The number of aliphatic hydroxyl groups excluding tert-OH is 1. The molecule has 0 radical (unpaired) electrons. The fourth-order valence-electron chi connectivity index (χ4n) is 1.56. The highest BCUT2D eigenvalue weighted by molar-refractivity contribution is 6.30. The smallest absolute Gasteiger partial charge is 0.0580 e. The van der Waals surface area contributed by atoms with Crippen molar-refractivity contribution in [2.24, 2.45) is 5.92 Å². The molecule has 1 aromatic carbocycles. The summed E-state index contributed by atoms with van der Waals surface area (Å²) in [6.07, 6.45) is 2.39.